The average Bonchev–Trinajstić information content (AvgIpc) is 2.85. The van der Waals surface area contributed by atoms with Gasteiger partial charge in [-0.2, -0.15) is 0 Å². The molecule has 3 amide bonds. The lowest BCUT2D eigenvalue weighted by molar-refractivity contribution is -0.136. The number of benzene rings is 1. The number of nitrogens with zero attached hydrogens (tertiary/aromatic N) is 1. The molecule has 1 aromatic carbocycles. The second-order valence-corrected chi connectivity index (χ2v) is 9.83. The fraction of sp³-hybridized carbons (Fsp3) is 0.667. The maximum absolute atomic E-state index is 13.2. The van der Waals surface area contributed by atoms with E-state index in [1.165, 1.54) is 43.5 Å². The van der Waals surface area contributed by atoms with E-state index in [2.05, 4.69) is 17.6 Å². The van der Waals surface area contributed by atoms with Crippen LogP contribution >= 0.6 is 0 Å². The Kier molecular flexibility index (Phi) is 10.4. The first-order valence-corrected chi connectivity index (χ1v) is 13.1. The van der Waals surface area contributed by atoms with Crippen molar-refractivity contribution >= 4 is 17.7 Å². The van der Waals surface area contributed by atoms with Crippen LogP contribution in [0.5, 0.6) is 0 Å². The van der Waals surface area contributed by atoms with Crippen LogP contribution in [0.3, 0.4) is 0 Å². The highest BCUT2D eigenvalue weighted by Crippen LogP contribution is 2.22. The Balaban J connectivity index is 1.49. The standard InChI is InChI=1S/C27H40FN3O3/c1-2-3-4-5-6-13-25(32)31-18-9-10-21(19-31)27(34)30-24-12-8-7-11-23(24)29-26(33)20-14-16-22(28)17-15-20/h14-17,21,23-24H,2-13,18-19H2,1H3,(H,29,33)(H,30,34)/t21?,23-,24?/m1/s1. The van der Waals surface area contributed by atoms with Crippen molar-refractivity contribution < 1.29 is 18.8 Å². The van der Waals surface area contributed by atoms with Gasteiger partial charge >= 0.3 is 0 Å². The molecule has 1 aromatic rings. The summed E-state index contributed by atoms with van der Waals surface area (Å²) in [5.74, 6) is -0.687. The number of amides is 3. The lowest BCUT2D eigenvalue weighted by Gasteiger charge is -2.36. The van der Waals surface area contributed by atoms with Crippen molar-refractivity contribution in [1.29, 1.82) is 0 Å². The summed E-state index contributed by atoms with van der Waals surface area (Å²) >= 11 is 0. The number of likely N-dealkylation sites (tertiary alicyclic amines) is 1. The Hall–Kier alpha value is -2.44. The highest BCUT2D eigenvalue weighted by Gasteiger charge is 2.33. The topological polar surface area (TPSA) is 78.5 Å². The van der Waals surface area contributed by atoms with Crippen LogP contribution < -0.4 is 10.6 Å². The smallest absolute Gasteiger partial charge is 0.251 e. The van der Waals surface area contributed by atoms with Crippen LogP contribution in [0.2, 0.25) is 0 Å². The highest BCUT2D eigenvalue weighted by molar-refractivity contribution is 5.94. The zero-order chi connectivity index (χ0) is 24.3. The molecule has 3 atom stereocenters. The predicted molar refractivity (Wildman–Crippen MR) is 131 cm³/mol. The van der Waals surface area contributed by atoms with E-state index in [1.807, 2.05) is 4.90 Å². The van der Waals surface area contributed by atoms with E-state index in [1.54, 1.807) is 0 Å². The van der Waals surface area contributed by atoms with Gasteiger partial charge in [0.1, 0.15) is 5.82 Å². The lowest BCUT2D eigenvalue weighted by Crippen LogP contribution is -2.55. The van der Waals surface area contributed by atoms with Gasteiger partial charge in [0.05, 0.1) is 5.92 Å². The molecule has 2 unspecified atom stereocenters. The highest BCUT2D eigenvalue weighted by atomic mass is 19.1. The van der Waals surface area contributed by atoms with Gasteiger partial charge in [-0.05, 0) is 56.4 Å². The number of unbranched alkanes of at least 4 members (excludes halogenated alkanes) is 4. The Labute approximate surface area is 203 Å². The van der Waals surface area contributed by atoms with E-state index in [4.69, 9.17) is 0 Å². The minimum absolute atomic E-state index is 0.0200. The van der Waals surface area contributed by atoms with E-state index in [0.717, 1.165) is 57.9 Å². The Bertz CT molecular complexity index is 814. The summed E-state index contributed by atoms with van der Waals surface area (Å²) in [6.07, 6.45) is 11.4. The molecule has 3 rings (SSSR count). The summed E-state index contributed by atoms with van der Waals surface area (Å²) in [6.45, 7) is 3.40. The van der Waals surface area contributed by atoms with Gasteiger partial charge in [-0.3, -0.25) is 14.4 Å². The summed E-state index contributed by atoms with van der Waals surface area (Å²) in [5.41, 5.74) is 0.410. The van der Waals surface area contributed by atoms with E-state index < -0.39 is 0 Å². The molecule has 2 aliphatic rings. The van der Waals surface area contributed by atoms with Crippen LogP contribution in [0.4, 0.5) is 4.39 Å². The molecule has 188 valence electrons. The Morgan fingerprint density at radius 3 is 2.29 bits per heavy atom. The molecule has 2 N–H and O–H groups in total. The third-order valence-corrected chi connectivity index (χ3v) is 7.16. The van der Waals surface area contributed by atoms with Crippen molar-refractivity contribution in [3.8, 4) is 0 Å². The fourth-order valence-corrected chi connectivity index (χ4v) is 5.09. The third kappa shape index (κ3) is 7.81. The van der Waals surface area contributed by atoms with Gasteiger partial charge in [-0.1, -0.05) is 45.4 Å². The largest absolute Gasteiger partial charge is 0.351 e. The molecule has 34 heavy (non-hydrogen) atoms. The molecule has 1 heterocycles. The molecule has 1 aliphatic heterocycles. The molecule has 7 heteroatoms. The van der Waals surface area contributed by atoms with E-state index in [0.29, 0.717) is 18.5 Å². The van der Waals surface area contributed by atoms with Gasteiger partial charge < -0.3 is 15.5 Å². The first kappa shape index (κ1) is 26.2. The zero-order valence-corrected chi connectivity index (χ0v) is 20.5. The maximum atomic E-state index is 13.2. The SMILES string of the molecule is CCCCCCCC(=O)N1CCCC(C(=O)NC2CCCC[C@H]2NC(=O)c2ccc(F)cc2)C1. The monoisotopic (exact) mass is 473 g/mol. The molecular formula is C27H40FN3O3. The minimum Gasteiger partial charge on any atom is -0.351 e. The summed E-state index contributed by atoms with van der Waals surface area (Å²) in [6, 6.07) is 5.21. The van der Waals surface area contributed by atoms with Crippen LogP contribution in [0, 0.1) is 11.7 Å². The van der Waals surface area contributed by atoms with Gasteiger partial charge in [-0.15, -0.1) is 0 Å². The molecule has 1 saturated carbocycles. The summed E-state index contributed by atoms with van der Waals surface area (Å²) in [7, 11) is 0. The Morgan fingerprint density at radius 2 is 1.59 bits per heavy atom. The third-order valence-electron chi connectivity index (χ3n) is 7.16. The summed E-state index contributed by atoms with van der Waals surface area (Å²) < 4.78 is 13.2. The van der Waals surface area contributed by atoms with E-state index >= 15 is 0 Å². The van der Waals surface area contributed by atoms with Gasteiger partial charge in [0.2, 0.25) is 11.8 Å². The van der Waals surface area contributed by atoms with Crippen LogP contribution in [-0.2, 0) is 9.59 Å². The number of halogens is 1. The number of nitrogens with one attached hydrogen (secondary N) is 2. The number of piperidine rings is 1. The number of hydrogen-bond donors (Lipinski definition) is 2. The number of carbonyl (C=O) groups is 3. The maximum Gasteiger partial charge on any atom is 0.251 e. The molecule has 0 bridgehead atoms. The minimum atomic E-state index is -0.379. The van der Waals surface area contributed by atoms with Crippen molar-refractivity contribution in [3.05, 3.63) is 35.6 Å². The fourth-order valence-electron chi connectivity index (χ4n) is 5.09. The first-order chi connectivity index (χ1) is 16.5. The van der Waals surface area contributed by atoms with Gasteiger partial charge in [0.25, 0.3) is 5.91 Å². The van der Waals surface area contributed by atoms with E-state index in [-0.39, 0.29) is 41.5 Å². The van der Waals surface area contributed by atoms with Gasteiger partial charge in [0.15, 0.2) is 0 Å². The normalized spacial score (nSPS) is 22.8. The van der Waals surface area contributed by atoms with Crippen molar-refractivity contribution in [1.82, 2.24) is 15.5 Å². The quantitative estimate of drug-likeness (QED) is 0.488. The Morgan fingerprint density at radius 1 is 0.912 bits per heavy atom. The molecule has 2 fully saturated rings. The molecule has 1 saturated heterocycles. The van der Waals surface area contributed by atoms with Crippen molar-refractivity contribution in [2.75, 3.05) is 13.1 Å². The van der Waals surface area contributed by atoms with Gasteiger partial charge in [-0.25, -0.2) is 4.39 Å². The van der Waals surface area contributed by atoms with Crippen LogP contribution in [0.1, 0.15) is 94.3 Å². The second kappa shape index (κ2) is 13.4. The van der Waals surface area contributed by atoms with Crippen LogP contribution in [-0.4, -0.2) is 47.8 Å². The van der Waals surface area contributed by atoms with Crippen LogP contribution in [0.25, 0.3) is 0 Å². The second-order valence-electron chi connectivity index (χ2n) is 9.83. The zero-order valence-electron chi connectivity index (χ0n) is 20.5. The molecule has 1 aliphatic carbocycles. The van der Waals surface area contributed by atoms with Crippen molar-refractivity contribution in [2.45, 2.75) is 96.1 Å². The van der Waals surface area contributed by atoms with E-state index in [9.17, 15) is 18.8 Å². The molecule has 0 spiro atoms. The first-order valence-electron chi connectivity index (χ1n) is 13.1. The van der Waals surface area contributed by atoms with Gasteiger partial charge in [0, 0.05) is 37.2 Å². The van der Waals surface area contributed by atoms with Crippen LogP contribution in [0.15, 0.2) is 24.3 Å². The predicted octanol–water partition coefficient (Wildman–Crippen LogP) is 4.58. The molecular weight excluding hydrogens is 433 g/mol. The number of rotatable bonds is 10. The summed E-state index contributed by atoms with van der Waals surface area (Å²) in [4.78, 5) is 40.2. The molecule has 6 nitrogen and oxygen atoms in total. The molecule has 0 radical (unpaired) electrons. The summed E-state index contributed by atoms with van der Waals surface area (Å²) in [5, 5.41) is 6.22. The average molecular weight is 474 g/mol. The number of carbonyl (C=O) groups excluding carboxylic acids is 3. The lowest BCUT2D eigenvalue weighted by atomic mass is 9.88. The van der Waals surface area contributed by atoms with Crippen molar-refractivity contribution in [2.24, 2.45) is 5.92 Å². The number of hydrogen-bond acceptors (Lipinski definition) is 3. The molecule has 0 aromatic heterocycles. The van der Waals surface area contributed by atoms with Crippen molar-refractivity contribution in [3.63, 3.8) is 0 Å².